The molecule has 0 bridgehead atoms. The third-order valence-corrected chi connectivity index (χ3v) is 12.1. The number of unbranched alkanes of at least 4 members (excludes halogenated alkanes) is 1. The lowest BCUT2D eigenvalue weighted by Gasteiger charge is -2.34. The second-order valence-electron chi connectivity index (χ2n) is 17.4. The normalized spacial score (nSPS) is 14.2. The molecule has 23 heteroatoms. The Morgan fingerprint density at radius 2 is 1.21 bits per heavy atom. The Bertz CT molecular complexity index is 1960. The summed E-state index contributed by atoms with van der Waals surface area (Å²) in [6.07, 6.45) is -2.02. The van der Waals surface area contributed by atoms with Crippen molar-refractivity contribution < 1.29 is 71.8 Å². The first-order valence-electron chi connectivity index (χ1n) is 22.2. The van der Waals surface area contributed by atoms with Crippen LogP contribution < -0.4 is 37.6 Å². The summed E-state index contributed by atoms with van der Waals surface area (Å²) in [5.41, 5.74) is 5.46. The van der Waals surface area contributed by atoms with Gasteiger partial charge in [-0.15, -0.1) is 0 Å². The molecule has 22 nitrogen and oxygen atoms in total. The van der Waals surface area contributed by atoms with Crippen LogP contribution in [0.5, 0.6) is 0 Å². The molecule has 1 aromatic carbocycles. The third-order valence-electron chi connectivity index (χ3n) is 10.1. The zero-order valence-corrected chi connectivity index (χ0v) is 40.7. The van der Waals surface area contributed by atoms with Crippen LogP contribution in [0.3, 0.4) is 0 Å². The molecule has 0 saturated heterocycles. The van der Waals surface area contributed by atoms with E-state index in [9.17, 15) is 62.7 Å². The highest BCUT2D eigenvalue weighted by molar-refractivity contribution is 7.54. The van der Waals surface area contributed by atoms with Crippen molar-refractivity contribution in [3.63, 3.8) is 0 Å². The molecular formula is C44H70N7O15P. The number of primary amides is 1. The average Bonchev–Trinajstić information content (AvgIpc) is 3.21. The number of nitrogens with two attached hydrogens (primary N) is 1. The van der Waals surface area contributed by atoms with Gasteiger partial charge in [0.15, 0.2) is 0 Å². The lowest BCUT2D eigenvalue weighted by molar-refractivity contribution is -0.141. The summed E-state index contributed by atoms with van der Waals surface area (Å²) in [6, 6.07) is -2.13. The number of nitrogens with one attached hydrogen (secondary N) is 6. The Balaban J connectivity index is 3.63. The van der Waals surface area contributed by atoms with E-state index in [1.807, 2.05) is 6.92 Å². The fourth-order valence-electron chi connectivity index (χ4n) is 6.67. The van der Waals surface area contributed by atoms with Gasteiger partial charge in [0.2, 0.25) is 41.2 Å². The van der Waals surface area contributed by atoms with Gasteiger partial charge in [0.1, 0.15) is 36.4 Å². The van der Waals surface area contributed by atoms with Crippen LogP contribution in [0.2, 0.25) is 0 Å². The van der Waals surface area contributed by atoms with Crippen molar-refractivity contribution in [1.82, 2.24) is 31.9 Å². The number of hydrogen-bond acceptors (Lipinski definition) is 13. The third kappa shape index (κ3) is 21.6. The molecule has 0 spiro atoms. The standard InChI is InChI=1S/C44H70N7O15P/c1-10-13-18-28(36(57)38(45)58)47-40(60)30(21-25(4)5)50-43(63)37(44(7,8)9)51-42(62)31(22-27-17-15-14-16-26(27)6)49-39(59)29(19-20-34(53)54)48-41(61)32(23-35(55)56)46-33(52)24-67(64,65-11-2)66-12-3/h14-17,25,28-32,37H,10-13,18-24H2,1-9H3,(H2,45,58)(H,46,52)(H,47,60)(H,48,61)(H,49,59)(H,50,63)(H,51,62)(H,53,54)(H,55,56)/t28?,29-,30-,31-,32-,37+/m0/s1. The minimum atomic E-state index is -4.01. The summed E-state index contributed by atoms with van der Waals surface area (Å²) < 4.78 is 23.2. The molecule has 6 atom stereocenters. The Morgan fingerprint density at radius 3 is 1.72 bits per heavy atom. The lowest BCUT2D eigenvalue weighted by Crippen LogP contribution is -2.62. The predicted octanol–water partition coefficient (Wildman–Crippen LogP) is 1.39. The Morgan fingerprint density at radius 1 is 0.687 bits per heavy atom. The number of hydrogen-bond donors (Lipinski definition) is 9. The van der Waals surface area contributed by atoms with Crippen LogP contribution in [0.4, 0.5) is 0 Å². The molecule has 7 amide bonds. The smallest absolute Gasteiger partial charge is 0.340 e. The number of rotatable bonds is 31. The number of aryl methyl sites for hydroxylation is 1. The quantitative estimate of drug-likeness (QED) is 0.0375. The van der Waals surface area contributed by atoms with Gasteiger partial charge in [-0.25, -0.2) is 0 Å². The molecule has 376 valence electrons. The SMILES string of the molecule is CCCCC(NC(=O)[C@H](CC(C)C)NC(=O)[C@@H](NC(=O)[C@H](Cc1ccccc1C)NC(=O)[C@H](CCC(=O)O)NC(=O)[C@H](CC(=O)O)NC(=O)CP(=O)(OCC)OCC)C(C)(C)C)C(=O)C(N)=O. The molecule has 1 aromatic rings. The Kier molecular flexibility index (Phi) is 25.2. The van der Waals surface area contributed by atoms with Crippen molar-refractivity contribution in [2.75, 3.05) is 19.4 Å². The highest BCUT2D eigenvalue weighted by atomic mass is 31.2. The van der Waals surface area contributed by atoms with Gasteiger partial charge in [-0.3, -0.25) is 52.5 Å². The summed E-state index contributed by atoms with van der Waals surface area (Å²) in [5, 5.41) is 34.0. The molecule has 67 heavy (non-hydrogen) atoms. The monoisotopic (exact) mass is 967 g/mol. The molecule has 0 aliphatic rings. The van der Waals surface area contributed by atoms with E-state index in [4.69, 9.17) is 14.8 Å². The fourth-order valence-corrected chi connectivity index (χ4v) is 8.16. The van der Waals surface area contributed by atoms with Crippen LogP contribution in [0.1, 0.15) is 111 Å². The molecular weight excluding hydrogens is 897 g/mol. The van der Waals surface area contributed by atoms with E-state index >= 15 is 0 Å². The molecule has 0 aliphatic carbocycles. The highest BCUT2D eigenvalue weighted by Gasteiger charge is 2.39. The van der Waals surface area contributed by atoms with Gasteiger partial charge in [0.25, 0.3) is 5.91 Å². The van der Waals surface area contributed by atoms with E-state index in [1.54, 1.807) is 65.8 Å². The number of amides is 7. The molecule has 10 N–H and O–H groups in total. The summed E-state index contributed by atoms with van der Waals surface area (Å²) >= 11 is 0. The van der Waals surface area contributed by atoms with Crippen molar-refractivity contribution in [2.24, 2.45) is 17.1 Å². The minimum Gasteiger partial charge on any atom is -0.481 e. The van der Waals surface area contributed by atoms with Crippen molar-refractivity contribution in [3.8, 4) is 0 Å². The van der Waals surface area contributed by atoms with Gasteiger partial charge < -0.3 is 56.9 Å². The first kappa shape index (κ1) is 59.3. The molecule has 0 saturated carbocycles. The summed E-state index contributed by atoms with van der Waals surface area (Å²) in [6.45, 7) is 14.9. The Hall–Kier alpha value is -5.73. The van der Waals surface area contributed by atoms with Gasteiger partial charge in [0.05, 0.1) is 25.7 Å². The van der Waals surface area contributed by atoms with Crippen LogP contribution in [0.25, 0.3) is 0 Å². The maximum Gasteiger partial charge on any atom is 0.340 e. The second-order valence-corrected chi connectivity index (χ2v) is 19.5. The molecule has 0 aliphatic heterocycles. The first-order valence-corrected chi connectivity index (χ1v) is 23.9. The van der Waals surface area contributed by atoms with Crippen molar-refractivity contribution in [2.45, 2.75) is 150 Å². The highest BCUT2D eigenvalue weighted by Crippen LogP contribution is 2.47. The number of ketones is 1. The lowest BCUT2D eigenvalue weighted by atomic mass is 9.85. The topological polar surface area (TPSA) is 345 Å². The van der Waals surface area contributed by atoms with E-state index in [1.165, 1.54) is 13.8 Å². The van der Waals surface area contributed by atoms with Gasteiger partial charge in [-0.05, 0) is 62.5 Å². The zero-order chi connectivity index (χ0) is 51.2. The molecule has 0 heterocycles. The first-order chi connectivity index (χ1) is 31.2. The van der Waals surface area contributed by atoms with Crippen molar-refractivity contribution in [3.05, 3.63) is 35.4 Å². The van der Waals surface area contributed by atoms with Crippen LogP contribution in [0, 0.1) is 18.3 Å². The molecule has 0 fully saturated rings. The van der Waals surface area contributed by atoms with E-state index in [-0.39, 0.29) is 38.4 Å². The number of aliphatic carboxylic acids is 2. The van der Waals surface area contributed by atoms with E-state index in [0.29, 0.717) is 24.0 Å². The zero-order valence-electron chi connectivity index (χ0n) is 39.9. The maximum absolute atomic E-state index is 14.4. The van der Waals surface area contributed by atoms with Crippen LogP contribution in [-0.4, -0.2) is 125 Å². The number of carboxylic acid groups (broad SMARTS) is 2. The molecule has 0 aromatic heterocycles. The average molecular weight is 968 g/mol. The van der Waals surface area contributed by atoms with Crippen LogP contribution in [-0.2, 0) is 68.0 Å². The predicted molar refractivity (Wildman–Crippen MR) is 244 cm³/mol. The van der Waals surface area contributed by atoms with Crippen LogP contribution >= 0.6 is 7.60 Å². The van der Waals surface area contributed by atoms with Crippen molar-refractivity contribution in [1.29, 1.82) is 0 Å². The van der Waals surface area contributed by atoms with E-state index in [0.717, 1.165) is 0 Å². The Labute approximate surface area is 391 Å². The molecule has 1 unspecified atom stereocenters. The molecule has 1 rings (SSSR count). The minimum absolute atomic E-state index is 0.0847. The fraction of sp³-hybridized carbons (Fsp3) is 0.636. The summed E-state index contributed by atoms with van der Waals surface area (Å²) in [7, 11) is -4.01. The summed E-state index contributed by atoms with van der Waals surface area (Å²) in [5.74, 6) is -11.2. The van der Waals surface area contributed by atoms with Gasteiger partial charge in [-0.2, -0.15) is 0 Å². The second kappa shape index (κ2) is 28.4. The number of benzene rings is 1. The van der Waals surface area contributed by atoms with Gasteiger partial charge in [-0.1, -0.05) is 78.6 Å². The molecule has 0 radical (unpaired) electrons. The largest absolute Gasteiger partial charge is 0.481 e. The van der Waals surface area contributed by atoms with Gasteiger partial charge in [0, 0.05) is 12.8 Å². The maximum atomic E-state index is 14.4. The van der Waals surface area contributed by atoms with E-state index in [2.05, 4.69) is 31.9 Å². The number of carbonyl (C=O) groups excluding carboxylic acids is 8. The number of carbonyl (C=O) groups is 10. The van der Waals surface area contributed by atoms with E-state index < -0.39 is 134 Å². The van der Waals surface area contributed by atoms with Gasteiger partial charge >= 0.3 is 19.5 Å². The van der Waals surface area contributed by atoms with Crippen molar-refractivity contribution >= 4 is 66.7 Å². The van der Waals surface area contributed by atoms with Crippen LogP contribution in [0.15, 0.2) is 24.3 Å². The number of carboxylic acids is 2. The summed E-state index contributed by atoms with van der Waals surface area (Å²) in [4.78, 5) is 131. The number of Topliss-reactive ketones (excluding diaryl/α,β-unsaturated/α-hetero) is 1.